The van der Waals surface area contributed by atoms with E-state index in [9.17, 15) is 8.78 Å². The maximum Gasteiger partial charge on any atom is 0.178 e. The lowest BCUT2D eigenvalue weighted by Gasteiger charge is -2.34. The predicted molar refractivity (Wildman–Crippen MR) is 89.3 cm³/mol. The number of rotatable bonds is 2. The molecule has 3 rings (SSSR count). The number of fused-ring (bicyclic) bond motifs is 1. The summed E-state index contributed by atoms with van der Waals surface area (Å²) in [7, 11) is 0. The molecule has 0 saturated carbocycles. The van der Waals surface area contributed by atoms with Gasteiger partial charge in [0.25, 0.3) is 0 Å². The molecule has 0 saturated heterocycles. The second-order valence-corrected chi connectivity index (χ2v) is 6.49. The molecule has 2 aliphatic rings. The molecule has 3 nitrogen and oxygen atoms in total. The number of halogens is 2. The highest BCUT2D eigenvalue weighted by Gasteiger charge is 2.26. The zero-order valence-electron chi connectivity index (χ0n) is 13.8. The van der Waals surface area contributed by atoms with Crippen LogP contribution < -0.4 is 9.64 Å². The van der Waals surface area contributed by atoms with Crippen LogP contribution in [0.4, 0.5) is 14.5 Å². The molecule has 5 heteroatoms. The Labute approximate surface area is 135 Å². The molecule has 2 aliphatic heterocycles. The topological polar surface area (TPSA) is 24.8 Å². The van der Waals surface area contributed by atoms with Crippen LogP contribution in [-0.2, 0) is 0 Å². The first-order valence-corrected chi connectivity index (χ1v) is 8.13. The Hall–Kier alpha value is -1.91. The van der Waals surface area contributed by atoms with Gasteiger partial charge in [0.05, 0.1) is 12.2 Å². The lowest BCUT2D eigenvalue weighted by Crippen LogP contribution is -2.38. The summed E-state index contributed by atoms with van der Waals surface area (Å²) in [6.45, 7) is 7.24. The molecule has 0 aliphatic carbocycles. The van der Waals surface area contributed by atoms with Crippen molar-refractivity contribution in [3.8, 4) is 5.75 Å². The summed E-state index contributed by atoms with van der Waals surface area (Å²) in [6.07, 6.45) is 2.79. The van der Waals surface area contributed by atoms with Gasteiger partial charge >= 0.3 is 0 Å². The zero-order chi connectivity index (χ0) is 16.6. The van der Waals surface area contributed by atoms with E-state index in [1.165, 1.54) is 6.07 Å². The summed E-state index contributed by atoms with van der Waals surface area (Å²) >= 11 is 0. The molecule has 23 heavy (non-hydrogen) atoms. The summed E-state index contributed by atoms with van der Waals surface area (Å²) in [4.78, 5) is 6.35. The standard InChI is InChI=1S/C18H22F2N2O/c1-11(2)22-6-7-23-18-15(20)8-13(9-16(18)22)17-14(19)5-4-12(3)10-21-17/h8-12H,4-7H2,1-3H3/t12-/m0/s1. The Kier molecular flexibility index (Phi) is 4.37. The molecule has 0 N–H and O–H groups in total. The Bertz CT molecular complexity index is 667. The minimum absolute atomic E-state index is 0.212. The molecule has 1 aromatic rings. The van der Waals surface area contributed by atoms with Crippen molar-refractivity contribution in [3.05, 3.63) is 29.3 Å². The van der Waals surface area contributed by atoms with Gasteiger partial charge in [-0.05, 0) is 38.3 Å². The Morgan fingerprint density at radius 3 is 2.83 bits per heavy atom. The Morgan fingerprint density at radius 2 is 2.09 bits per heavy atom. The summed E-state index contributed by atoms with van der Waals surface area (Å²) in [6, 6.07) is 3.33. The van der Waals surface area contributed by atoms with E-state index in [0.717, 1.165) is 0 Å². The van der Waals surface area contributed by atoms with Crippen LogP contribution in [0.15, 0.2) is 23.0 Å². The van der Waals surface area contributed by atoms with Gasteiger partial charge in [0.15, 0.2) is 11.6 Å². The van der Waals surface area contributed by atoms with Crippen molar-refractivity contribution < 1.29 is 13.5 Å². The molecule has 0 unspecified atom stereocenters. The van der Waals surface area contributed by atoms with Crippen molar-refractivity contribution in [1.29, 1.82) is 0 Å². The van der Waals surface area contributed by atoms with Crippen LogP contribution >= 0.6 is 0 Å². The normalized spacial score (nSPS) is 21.3. The monoisotopic (exact) mass is 320 g/mol. The van der Waals surface area contributed by atoms with E-state index < -0.39 is 5.82 Å². The third kappa shape index (κ3) is 3.09. The summed E-state index contributed by atoms with van der Waals surface area (Å²) in [5.41, 5.74) is 1.39. The largest absolute Gasteiger partial charge is 0.486 e. The fourth-order valence-corrected chi connectivity index (χ4v) is 3.03. The first-order valence-electron chi connectivity index (χ1n) is 8.13. The minimum Gasteiger partial charge on any atom is -0.486 e. The molecule has 0 fully saturated rings. The molecule has 0 bridgehead atoms. The van der Waals surface area contributed by atoms with Gasteiger partial charge in [0.2, 0.25) is 0 Å². The fourth-order valence-electron chi connectivity index (χ4n) is 3.03. The molecular weight excluding hydrogens is 298 g/mol. The van der Waals surface area contributed by atoms with Crippen molar-refractivity contribution in [1.82, 2.24) is 0 Å². The van der Waals surface area contributed by atoms with E-state index in [2.05, 4.69) is 9.89 Å². The SMILES string of the molecule is CC(C)N1CCOc2c(F)cc(C3=C(F)CC[C@H](C)C=N3)cc21. The van der Waals surface area contributed by atoms with Gasteiger partial charge in [-0.1, -0.05) is 6.92 Å². The highest BCUT2D eigenvalue weighted by Crippen LogP contribution is 2.39. The van der Waals surface area contributed by atoms with E-state index in [1.54, 1.807) is 12.3 Å². The molecule has 0 aromatic heterocycles. The lowest BCUT2D eigenvalue weighted by molar-refractivity contribution is 0.287. The number of hydrogen-bond acceptors (Lipinski definition) is 3. The predicted octanol–water partition coefficient (Wildman–Crippen LogP) is 4.57. The van der Waals surface area contributed by atoms with Crippen LogP contribution in [0, 0.1) is 11.7 Å². The number of anilines is 1. The van der Waals surface area contributed by atoms with Gasteiger partial charge in [-0.2, -0.15) is 0 Å². The van der Waals surface area contributed by atoms with Crippen LogP contribution in [0.1, 0.15) is 39.2 Å². The van der Waals surface area contributed by atoms with E-state index >= 15 is 0 Å². The second kappa shape index (κ2) is 6.30. The Balaban J connectivity index is 2.09. The van der Waals surface area contributed by atoms with Crippen LogP contribution in [-0.4, -0.2) is 25.4 Å². The average molecular weight is 320 g/mol. The highest BCUT2D eigenvalue weighted by atomic mass is 19.1. The molecule has 0 spiro atoms. The van der Waals surface area contributed by atoms with E-state index in [1.807, 2.05) is 20.8 Å². The van der Waals surface area contributed by atoms with Gasteiger partial charge in [-0.3, -0.25) is 4.99 Å². The van der Waals surface area contributed by atoms with Gasteiger partial charge in [0.1, 0.15) is 18.1 Å². The summed E-state index contributed by atoms with van der Waals surface area (Å²) in [5.74, 6) is -0.273. The van der Waals surface area contributed by atoms with Crippen molar-refractivity contribution in [3.63, 3.8) is 0 Å². The van der Waals surface area contributed by atoms with E-state index in [4.69, 9.17) is 4.74 Å². The quantitative estimate of drug-likeness (QED) is 0.797. The maximum absolute atomic E-state index is 14.5. The number of hydrogen-bond donors (Lipinski definition) is 0. The lowest BCUT2D eigenvalue weighted by atomic mass is 10.0. The number of ether oxygens (including phenoxy) is 1. The number of benzene rings is 1. The molecule has 0 amide bonds. The first-order chi connectivity index (χ1) is 11.0. The molecular formula is C18H22F2N2O. The minimum atomic E-state index is -0.462. The zero-order valence-corrected chi connectivity index (χ0v) is 13.8. The van der Waals surface area contributed by atoms with Gasteiger partial charge in [0, 0.05) is 24.2 Å². The molecule has 1 atom stereocenters. The number of aliphatic imine (C=N–C) groups is 1. The van der Waals surface area contributed by atoms with Crippen LogP contribution in [0.3, 0.4) is 0 Å². The number of allylic oxidation sites excluding steroid dienone is 1. The van der Waals surface area contributed by atoms with Crippen molar-refractivity contribution in [2.45, 2.75) is 39.7 Å². The Morgan fingerprint density at radius 1 is 1.30 bits per heavy atom. The summed E-state index contributed by atoms with van der Waals surface area (Å²) in [5, 5.41) is 0. The van der Waals surface area contributed by atoms with E-state index in [0.29, 0.717) is 37.2 Å². The molecule has 0 radical (unpaired) electrons. The van der Waals surface area contributed by atoms with Gasteiger partial charge < -0.3 is 9.64 Å². The maximum atomic E-state index is 14.5. The van der Waals surface area contributed by atoms with Crippen molar-refractivity contribution >= 4 is 17.6 Å². The van der Waals surface area contributed by atoms with Gasteiger partial charge in [-0.15, -0.1) is 0 Å². The second-order valence-electron chi connectivity index (χ2n) is 6.49. The van der Waals surface area contributed by atoms with Crippen LogP contribution in [0.25, 0.3) is 5.70 Å². The summed E-state index contributed by atoms with van der Waals surface area (Å²) < 4.78 is 34.3. The van der Waals surface area contributed by atoms with E-state index in [-0.39, 0.29) is 29.2 Å². The highest BCUT2D eigenvalue weighted by molar-refractivity contribution is 5.79. The van der Waals surface area contributed by atoms with Crippen molar-refractivity contribution in [2.75, 3.05) is 18.1 Å². The smallest absolute Gasteiger partial charge is 0.178 e. The fraction of sp³-hybridized carbons (Fsp3) is 0.500. The first kappa shape index (κ1) is 16.0. The van der Waals surface area contributed by atoms with Gasteiger partial charge in [-0.25, -0.2) is 8.78 Å². The molecule has 1 aromatic carbocycles. The molecule has 2 heterocycles. The molecule has 124 valence electrons. The van der Waals surface area contributed by atoms with Crippen molar-refractivity contribution in [2.24, 2.45) is 10.9 Å². The van der Waals surface area contributed by atoms with Crippen LogP contribution in [0.2, 0.25) is 0 Å². The van der Waals surface area contributed by atoms with Crippen LogP contribution in [0.5, 0.6) is 5.75 Å². The third-order valence-electron chi connectivity index (χ3n) is 4.34. The third-order valence-corrected chi connectivity index (χ3v) is 4.34. The number of nitrogens with zero attached hydrogens (tertiary/aromatic N) is 2. The average Bonchev–Trinajstić information content (AvgIpc) is 2.68.